The fourth-order valence-corrected chi connectivity index (χ4v) is 1.90. The Labute approximate surface area is 114 Å². The van der Waals surface area contributed by atoms with Gasteiger partial charge in [-0.15, -0.1) is 5.10 Å². The molecule has 0 saturated heterocycles. The molecular weight excluding hydrogens is 236 g/mol. The standard InChI is InChI=1S/C15H22N4/c1-11(16)14-10-19(18-17-14)9-12-5-7-13(8-6-12)15(2,3)4/h5-8,10-11H,9,16H2,1-4H3. The van der Waals surface area contributed by atoms with Crippen molar-refractivity contribution in [1.82, 2.24) is 15.0 Å². The van der Waals surface area contributed by atoms with Gasteiger partial charge < -0.3 is 5.73 Å². The molecule has 4 nitrogen and oxygen atoms in total. The third-order valence-corrected chi connectivity index (χ3v) is 3.19. The summed E-state index contributed by atoms with van der Waals surface area (Å²) in [4.78, 5) is 0. The minimum absolute atomic E-state index is 0.0722. The molecule has 0 aliphatic heterocycles. The van der Waals surface area contributed by atoms with Gasteiger partial charge in [0, 0.05) is 6.04 Å². The van der Waals surface area contributed by atoms with E-state index in [4.69, 9.17) is 5.73 Å². The first kappa shape index (κ1) is 13.7. The molecule has 0 amide bonds. The number of rotatable bonds is 3. The van der Waals surface area contributed by atoms with Crippen LogP contribution in [0.5, 0.6) is 0 Å². The van der Waals surface area contributed by atoms with Crippen LogP contribution in [0.15, 0.2) is 30.5 Å². The summed E-state index contributed by atoms with van der Waals surface area (Å²) in [6.07, 6.45) is 1.91. The molecule has 19 heavy (non-hydrogen) atoms. The molecule has 4 heteroatoms. The molecule has 0 fully saturated rings. The predicted octanol–water partition coefficient (Wildman–Crippen LogP) is 2.64. The van der Waals surface area contributed by atoms with Gasteiger partial charge in [-0.3, -0.25) is 0 Å². The zero-order valence-corrected chi connectivity index (χ0v) is 12.1. The van der Waals surface area contributed by atoms with E-state index in [2.05, 4.69) is 55.3 Å². The van der Waals surface area contributed by atoms with Crippen molar-refractivity contribution in [2.45, 2.75) is 45.7 Å². The molecule has 0 radical (unpaired) electrons. The minimum Gasteiger partial charge on any atom is -0.323 e. The molecule has 1 atom stereocenters. The van der Waals surface area contributed by atoms with Crippen LogP contribution in [0.3, 0.4) is 0 Å². The molecule has 2 rings (SSSR count). The van der Waals surface area contributed by atoms with Crippen LogP contribution in [0.1, 0.15) is 50.6 Å². The van der Waals surface area contributed by atoms with Crippen LogP contribution in [0.2, 0.25) is 0 Å². The van der Waals surface area contributed by atoms with Crippen molar-refractivity contribution in [3.63, 3.8) is 0 Å². The maximum absolute atomic E-state index is 5.77. The van der Waals surface area contributed by atoms with Crippen LogP contribution in [0.4, 0.5) is 0 Å². The van der Waals surface area contributed by atoms with Crippen LogP contribution >= 0.6 is 0 Å². The van der Waals surface area contributed by atoms with Crippen LogP contribution in [-0.2, 0) is 12.0 Å². The maximum Gasteiger partial charge on any atom is 0.0991 e. The zero-order valence-electron chi connectivity index (χ0n) is 12.1. The molecule has 1 heterocycles. The molecule has 102 valence electrons. The lowest BCUT2D eigenvalue weighted by Gasteiger charge is -2.19. The Morgan fingerprint density at radius 1 is 1.21 bits per heavy atom. The second-order valence-corrected chi connectivity index (χ2v) is 6.08. The van der Waals surface area contributed by atoms with E-state index >= 15 is 0 Å². The van der Waals surface area contributed by atoms with Gasteiger partial charge in [0.25, 0.3) is 0 Å². The molecule has 1 aromatic carbocycles. The lowest BCUT2D eigenvalue weighted by atomic mass is 9.87. The molecule has 0 bridgehead atoms. The summed E-state index contributed by atoms with van der Waals surface area (Å²) < 4.78 is 1.82. The van der Waals surface area contributed by atoms with Gasteiger partial charge in [0.1, 0.15) is 0 Å². The van der Waals surface area contributed by atoms with Gasteiger partial charge in [-0.1, -0.05) is 50.3 Å². The summed E-state index contributed by atoms with van der Waals surface area (Å²) in [7, 11) is 0. The van der Waals surface area contributed by atoms with E-state index < -0.39 is 0 Å². The van der Waals surface area contributed by atoms with Gasteiger partial charge in [-0.05, 0) is 23.5 Å². The van der Waals surface area contributed by atoms with Crippen molar-refractivity contribution in [1.29, 1.82) is 0 Å². The van der Waals surface area contributed by atoms with Crippen molar-refractivity contribution < 1.29 is 0 Å². The lowest BCUT2D eigenvalue weighted by Crippen LogP contribution is -2.11. The zero-order chi connectivity index (χ0) is 14.0. The van der Waals surface area contributed by atoms with Crippen molar-refractivity contribution in [3.8, 4) is 0 Å². The van der Waals surface area contributed by atoms with Crippen molar-refractivity contribution in [2.75, 3.05) is 0 Å². The molecule has 0 aliphatic carbocycles. The fraction of sp³-hybridized carbons (Fsp3) is 0.467. The van der Waals surface area contributed by atoms with Gasteiger partial charge in [0.2, 0.25) is 0 Å². The van der Waals surface area contributed by atoms with E-state index in [9.17, 15) is 0 Å². The predicted molar refractivity (Wildman–Crippen MR) is 76.9 cm³/mol. The van der Waals surface area contributed by atoms with Gasteiger partial charge in [0.05, 0.1) is 18.4 Å². The van der Waals surface area contributed by atoms with E-state index in [1.807, 2.05) is 17.8 Å². The summed E-state index contributed by atoms with van der Waals surface area (Å²) >= 11 is 0. The van der Waals surface area contributed by atoms with Crippen molar-refractivity contribution in [3.05, 3.63) is 47.3 Å². The number of nitrogens with two attached hydrogens (primary N) is 1. The highest BCUT2D eigenvalue weighted by atomic mass is 15.4. The highest BCUT2D eigenvalue weighted by Crippen LogP contribution is 2.22. The highest BCUT2D eigenvalue weighted by molar-refractivity contribution is 5.27. The second-order valence-electron chi connectivity index (χ2n) is 6.08. The number of hydrogen-bond acceptors (Lipinski definition) is 3. The number of hydrogen-bond donors (Lipinski definition) is 1. The average molecular weight is 258 g/mol. The lowest BCUT2D eigenvalue weighted by molar-refractivity contribution is 0.589. The Kier molecular flexibility index (Phi) is 3.71. The number of nitrogens with zero attached hydrogens (tertiary/aromatic N) is 3. The van der Waals surface area contributed by atoms with Crippen molar-refractivity contribution in [2.24, 2.45) is 5.73 Å². The first-order valence-corrected chi connectivity index (χ1v) is 6.61. The Balaban J connectivity index is 2.11. The highest BCUT2D eigenvalue weighted by Gasteiger charge is 2.13. The van der Waals surface area contributed by atoms with Gasteiger partial charge in [-0.2, -0.15) is 0 Å². The Bertz CT molecular complexity index is 532. The van der Waals surface area contributed by atoms with Gasteiger partial charge in [-0.25, -0.2) is 4.68 Å². The molecule has 1 aromatic heterocycles. The summed E-state index contributed by atoms with van der Waals surface area (Å²) in [6.45, 7) is 9.29. The normalized spacial score (nSPS) is 13.5. The van der Waals surface area contributed by atoms with E-state index in [0.717, 1.165) is 12.2 Å². The molecule has 2 N–H and O–H groups in total. The largest absolute Gasteiger partial charge is 0.323 e. The van der Waals surface area contributed by atoms with E-state index in [0.29, 0.717) is 0 Å². The molecule has 0 aliphatic rings. The fourth-order valence-electron chi connectivity index (χ4n) is 1.90. The van der Waals surface area contributed by atoms with Gasteiger partial charge in [0.15, 0.2) is 0 Å². The Morgan fingerprint density at radius 2 is 1.84 bits per heavy atom. The number of aromatic nitrogens is 3. The van der Waals surface area contributed by atoms with E-state index in [-0.39, 0.29) is 11.5 Å². The second kappa shape index (κ2) is 5.13. The smallest absolute Gasteiger partial charge is 0.0991 e. The molecular formula is C15H22N4. The maximum atomic E-state index is 5.77. The summed E-state index contributed by atoms with van der Waals surface area (Å²) in [6, 6.07) is 8.58. The van der Waals surface area contributed by atoms with Crippen LogP contribution in [-0.4, -0.2) is 15.0 Å². The quantitative estimate of drug-likeness (QED) is 0.920. The summed E-state index contributed by atoms with van der Waals surface area (Å²) in [5.74, 6) is 0. The third kappa shape index (κ3) is 3.41. The molecule has 0 spiro atoms. The Morgan fingerprint density at radius 3 is 2.32 bits per heavy atom. The third-order valence-electron chi connectivity index (χ3n) is 3.19. The van der Waals surface area contributed by atoms with E-state index in [1.54, 1.807) is 0 Å². The molecule has 0 saturated carbocycles. The van der Waals surface area contributed by atoms with Crippen LogP contribution in [0.25, 0.3) is 0 Å². The van der Waals surface area contributed by atoms with Crippen LogP contribution in [0, 0.1) is 0 Å². The average Bonchev–Trinajstić information content (AvgIpc) is 2.77. The van der Waals surface area contributed by atoms with E-state index in [1.165, 1.54) is 11.1 Å². The first-order chi connectivity index (χ1) is 8.86. The first-order valence-electron chi connectivity index (χ1n) is 6.61. The minimum atomic E-state index is -0.0722. The monoisotopic (exact) mass is 258 g/mol. The number of benzene rings is 1. The summed E-state index contributed by atoms with van der Waals surface area (Å²) in [5, 5.41) is 8.15. The van der Waals surface area contributed by atoms with Crippen LogP contribution < -0.4 is 5.73 Å². The van der Waals surface area contributed by atoms with Gasteiger partial charge >= 0.3 is 0 Å². The van der Waals surface area contributed by atoms with Crippen molar-refractivity contribution >= 4 is 0 Å². The topological polar surface area (TPSA) is 56.7 Å². The Hall–Kier alpha value is -1.68. The SMILES string of the molecule is CC(N)c1cn(Cc2ccc(C(C)(C)C)cc2)nn1. The molecule has 2 aromatic rings. The molecule has 1 unspecified atom stereocenters. The summed E-state index contributed by atoms with van der Waals surface area (Å²) in [5.41, 5.74) is 9.34.